The number of anilines is 1. The second-order valence-electron chi connectivity index (χ2n) is 4.68. The fourth-order valence-electron chi connectivity index (χ4n) is 2.31. The first-order chi connectivity index (χ1) is 8.72. The van der Waals surface area contributed by atoms with Gasteiger partial charge in [0.1, 0.15) is 0 Å². The summed E-state index contributed by atoms with van der Waals surface area (Å²) in [5.41, 5.74) is 2.45. The molecule has 0 amide bonds. The van der Waals surface area contributed by atoms with Gasteiger partial charge in [0, 0.05) is 29.9 Å². The zero-order valence-corrected chi connectivity index (χ0v) is 13.0. The molecule has 1 aliphatic heterocycles. The van der Waals surface area contributed by atoms with Crippen LogP contribution >= 0.6 is 27.5 Å². The normalized spacial score (nSPS) is 16.8. The van der Waals surface area contributed by atoms with Gasteiger partial charge in [-0.2, -0.15) is 0 Å². The number of hydrogen-bond donors (Lipinski definition) is 1. The van der Waals surface area contributed by atoms with E-state index < -0.39 is 0 Å². The smallest absolute Gasteiger partial charge is 0.0552 e. The van der Waals surface area contributed by atoms with Crippen molar-refractivity contribution in [2.24, 2.45) is 5.92 Å². The quantitative estimate of drug-likeness (QED) is 0.876. The Morgan fingerprint density at radius 2 is 2.11 bits per heavy atom. The molecule has 1 fully saturated rings. The number of halogens is 2. The van der Waals surface area contributed by atoms with Gasteiger partial charge in [0.05, 0.1) is 5.02 Å². The number of ether oxygens (including phenoxy) is 1. The molecule has 0 spiro atoms. The largest absolute Gasteiger partial charge is 0.385 e. The Bertz CT molecular complexity index is 405. The van der Waals surface area contributed by atoms with Gasteiger partial charge in [-0.3, -0.25) is 0 Å². The lowest BCUT2D eigenvalue weighted by Gasteiger charge is -2.23. The van der Waals surface area contributed by atoms with E-state index in [-0.39, 0.29) is 0 Å². The molecule has 1 heterocycles. The van der Waals surface area contributed by atoms with Gasteiger partial charge in [0.2, 0.25) is 0 Å². The van der Waals surface area contributed by atoms with E-state index in [0.29, 0.717) is 0 Å². The molecular weight excluding hydrogens is 314 g/mol. The van der Waals surface area contributed by atoms with Gasteiger partial charge >= 0.3 is 0 Å². The van der Waals surface area contributed by atoms with Crippen LogP contribution in [-0.2, 0) is 11.2 Å². The summed E-state index contributed by atoms with van der Waals surface area (Å²) in [6, 6.07) is 4.02. The molecule has 0 radical (unpaired) electrons. The van der Waals surface area contributed by atoms with Crippen LogP contribution in [0.25, 0.3) is 0 Å². The first-order valence-electron chi connectivity index (χ1n) is 6.50. The molecule has 0 atom stereocenters. The predicted molar refractivity (Wildman–Crippen MR) is 80.6 cm³/mol. The molecule has 1 aromatic rings. The molecule has 100 valence electrons. The number of benzene rings is 1. The van der Waals surface area contributed by atoms with Crippen LogP contribution in [0.15, 0.2) is 16.6 Å². The summed E-state index contributed by atoms with van der Waals surface area (Å²) < 4.78 is 6.40. The summed E-state index contributed by atoms with van der Waals surface area (Å²) in [5.74, 6) is 0.720. The van der Waals surface area contributed by atoms with E-state index in [1.165, 1.54) is 11.3 Å². The Balaban J connectivity index is 2.02. The van der Waals surface area contributed by atoms with Crippen LogP contribution in [0.3, 0.4) is 0 Å². The molecule has 1 saturated heterocycles. The maximum Gasteiger partial charge on any atom is 0.0552 e. The van der Waals surface area contributed by atoms with Gasteiger partial charge < -0.3 is 10.1 Å². The van der Waals surface area contributed by atoms with Gasteiger partial charge in [-0.05, 0) is 58.8 Å². The Morgan fingerprint density at radius 1 is 1.39 bits per heavy atom. The fraction of sp³-hybridized carbons (Fsp3) is 0.571. The molecule has 1 N–H and O–H groups in total. The van der Waals surface area contributed by atoms with Crippen molar-refractivity contribution in [3.8, 4) is 0 Å². The molecule has 18 heavy (non-hydrogen) atoms. The minimum absolute atomic E-state index is 0.720. The van der Waals surface area contributed by atoms with Crippen molar-refractivity contribution in [3.05, 3.63) is 27.2 Å². The SMILES string of the molecule is CCc1c(NCC2CCOCC2)ccc(Cl)c1Br. The second-order valence-corrected chi connectivity index (χ2v) is 5.88. The Morgan fingerprint density at radius 3 is 2.78 bits per heavy atom. The third-order valence-electron chi connectivity index (χ3n) is 3.47. The summed E-state index contributed by atoms with van der Waals surface area (Å²) in [7, 11) is 0. The van der Waals surface area contributed by atoms with Crippen molar-refractivity contribution >= 4 is 33.2 Å². The molecule has 0 aliphatic carbocycles. The predicted octanol–water partition coefficient (Wildman–Crippen LogP) is 4.50. The minimum atomic E-state index is 0.720. The first kappa shape index (κ1) is 14.2. The Hall–Kier alpha value is -0.250. The highest BCUT2D eigenvalue weighted by Crippen LogP contribution is 2.32. The van der Waals surface area contributed by atoms with E-state index in [1.54, 1.807) is 0 Å². The second kappa shape index (κ2) is 6.78. The fourth-order valence-corrected chi connectivity index (χ4v) is 3.11. The third kappa shape index (κ3) is 3.40. The van der Waals surface area contributed by atoms with Crippen molar-refractivity contribution < 1.29 is 4.74 Å². The van der Waals surface area contributed by atoms with Gasteiger partial charge in [-0.1, -0.05) is 18.5 Å². The third-order valence-corrected chi connectivity index (χ3v) is 4.92. The van der Waals surface area contributed by atoms with Crippen molar-refractivity contribution in [2.45, 2.75) is 26.2 Å². The van der Waals surface area contributed by atoms with Crippen LogP contribution in [0.2, 0.25) is 5.02 Å². The van der Waals surface area contributed by atoms with Crippen LogP contribution in [0.4, 0.5) is 5.69 Å². The van der Waals surface area contributed by atoms with E-state index in [2.05, 4.69) is 34.2 Å². The van der Waals surface area contributed by atoms with E-state index in [4.69, 9.17) is 16.3 Å². The van der Waals surface area contributed by atoms with Crippen molar-refractivity contribution in [3.63, 3.8) is 0 Å². The molecule has 2 nitrogen and oxygen atoms in total. The van der Waals surface area contributed by atoms with E-state index >= 15 is 0 Å². The Kier molecular flexibility index (Phi) is 5.34. The van der Waals surface area contributed by atoms with E-state index in [0.717, 1.165) is 54.4 Å². The average molecular weight is 333 g/mol. The zero-order chi connectivity index (χ0) is 13.0. The van der Waals surface area contributed by atoms with Crippen molar-refractivity contribution in [1.29, 1.82) is 0 Å². The molecule has 2 rings (SSSR count). The maximum absolute atomic E-state index is 6.12. The van der Waals surface area contributed by atoms with Crippen LogP contribution in [0.1, 0.15) is 25.3 Å². The standard InChI is InChI=1S/C14H19BrClNO/c1-2-11-13(4-3-12(16)14(11)15)17-9-10-5-7-18-8-6-10/h3-4,10,17H,2,5-9H2,1H3. The zero-order valence-electron chi connectivity index (χ0n) is 10.6. The molecule has 1 aromatic carbocycles. The molecule has 4 heteroatoms. The van der Waals surface area contributed by atoms with Crippen molar-refractivity contribution in [2.75, 3.05) is 25.1 Å². The summed E-state index contributed by atoms with van der Waals surface area (Å²) >= 11 is 9.69. The van der Waals surface area contributed by atoms with E-state index in [9.17, 15) is 0 Å². The molecule has 0 bridgehead atoms. The highest BCUT2D eigenvalue weighted by atomic mass is 79.9. The lowest BCUT2D eigenvalue weighted by molar-refractivity contribution is 0.0699. The van der Waals surface area contributed by atoms with Gasteiger partial charge in [-0.25, -0.2) is 0 Å². The summed E-state index contributed by atoms with van der Waals surface area (Å²) in [5, 5.41) is 4.34. The summed E-state index contributed by atoms with van der Waals surface area (Å²) in [6.07, 6.45) is 3.28. The lowest BCUT2D eigenvalue weighted by Crippen LogP contribution is -2.23. The topological polar surface area (TPSA) is 21.3 Å². The molecular formula is C14H19BrClNO. The highest BCUT2D eigenvalue weighted by Gasteiger charge is 2.15. The van der Waals surface area contributed by atoms with Gasteiger partial charge in [-0.15, -0.1) is 0 Å². The van der Waals surface area contributed by atoms with Crippen LogP contribution in [0, 0.1) is 5.92 Å². The van der Waals surface area contributed by atoms with Crippen molar-refractivity contribution in [1.82, 2.24) is 0 Å². The first-order valence-corrected chi connectivity index (χ1v) is 7.68. The molecule has 0 aromatic heterocycles. The monoisotopic (exact) mass is 331 g/mol. The highest BCUT2D eigenvalue weighted by molar-refractivity contribution is 9.10. The number of hydrogen-bond acceptors (Lipinski definition) is 2. The summed E-state index contributed by atoms with van der Waals surface area (Å²) in [6.45, 7) is 4.97. The number of rotatable bonds is 4. The maximum atomic E-state index is 6.12. The van der Waals surface area contributed by atoms with Gasteiger partial charge in [0.15, 0.2) is 0 Å². The van der Waals surface area contributed by atoms with Crippen LogP contribution in [0.5, 0.6) is 0 Å². The average Bonchev–Trinajstić information content (AvgIpc) is 2.41. The van der Waals surface area contributed by atoms with Crippen LogP contribution < -0.4 is 5.32 Å². The number of nitrogens with one attached hydrogen (secondary N) is 1. The lowest BCUT2D eigenvalue weighted by atomic mass is 10.00. The molecule has 0 unspecified atom stereocenters. The molecule has 0 saturated carbocycles. The minimum Gasteiger partial charge on any atom is -0.385 e. The van der Waals surface area contributed by atoms with Gasteiger partial charge in [0.25, 0.3) is 0 Å². The molecule has 1 aliphatic rings. The Labute approximate surface area is 122 Å². The van der Waals surface area contributed by atoms with Crippen LogP contribution in [-0.4, -0.2) is 19.8 Å². The summed E-state index contributed by atoms with van der Waals surface area (Å²) in [4.78, 5) is 0. The van der Waals surface area contributed by atoms with E-state index in [1.807, 2.05) is 6.07 Å².